The maximum absolute atomic E-state index is 13.9. The van der Waals surface area contributed by atoms with Crippen LogP contribution in [0.25, 0.3) is 10.9 Å². The van der Waals surface area contributed by atoms with E-state index in [1.165, 1.54) is 11.8 Å². The van der Waals surface area contributed by atoms with E-state index >= 15 is 0 Å². The van der Waals surface area contributed by atoms with Gasteiger partial charge >= 0.3 is 0 Å². The van der Waals surface area contributed by atoms with E-state index < -0.39 is 72.2 Å². The Labute approximate surface area is 256 Å². The van der Waals surface area contributed by atoms with Crippen LogP contribution in [0.4, 0.5) is 0 Å². The second-order valence-electron chi connectivity index (χ2n) is 12.3. The van der Waals surface area contributed by atoms with Crippen LogP contribution in [0.2, 0.25) is 0 Å². The van der Waals surface area contributed by atoms with Gasteiger partial charge in [0.05, 0.1) is 6.54 Å². The van der Waals surface area contributed by atoms with Gasteiger partial charge in [0.2, 0.25) is 35.4 Å². The first-order valence-corrected chi connectivity index (χ1v) is 15.2. The Bertz CT molecular complexity index is 1420. The van der Waals surface area contributed by atoms with Gasteiger partial charge in [0, 0.05) is 30.1 Å². The maximum atomic E-state index is 13.9. The van der Waals surface area contributed by atoms with Gasteiger partial charge < -0.3 is 36.5 Å². The number of nitrogens with one attached hydrogen (secondary N) is 6. The molecule has 13 nitrogen and oxygen atoms in total. The number of hydrogen-bond donors (Lipinski definition) is 6. The summed E-state index contributed by atoms with van der Waals surface area (Å²) >= 11 is 0. The molecule has 6 N–H and O–H groups in total. The fourth-order valence-electron chi connectivity index (χ4n) is 5.70. The number of benzene rings is 1. The van der Waals surface area contributed by atoms with Gasteiger partial charge in [0.1, 0.15) is 30.2 Å². The molecule has 13 heteroatoms. The van der Waals surface area contributed by atoms with E-state index in [-0.39, 0.29) is 18.3 Å². The zero-order valence-electron chi connectivity index (χ0n) is 25.9. The lowest BCUT2D eigenvalue weighted by atomic mass is 9.99. The predicted molar refractivity (Wildman–Crippen MR) is 163 cm³/mol. The topological polar surface area (TPSA) is 182 Å². The molecule has 2 aliphatic rings. The number of aromatic nitrogens is 1. The molecule has 3 heterocycles. The molecule has 2 saturated heterocycles. The third kappa shape index (κ3) is 7.37. The van der Waals surface area contributed by atoms with Crippen LogP contribution in [-0.4, -0.2) is 88.6 Å². The quantitative estimate of drug-likeness (QED) is 0.286. The molecule has 2 aliphatic heterocycles. The molecule has 4 rings (SSSR count). The molecule has 0 aliphatic carbocycles. The van der Waals surface area contributed by atoms with E-state index in [2.05, 4.69) is 31.6 Å². The summed E-state index contributed by atoms with van der Waals surface area (Å²) in [5.41, 5.74) is 1.65. The van der Waals surface area contributed by atoms with Gasteiger partial charge in [-0.05, 0) is 43.2 Å². The Kier molecular flexibility index (Phi) is 10.3. The maximum Gasteiger partial charge on any atom is 0.246 e. The van der Waals surface area contributed by atoms with Crippen molar-refractivity contribution in [1.82, 2.24) is 36.5 Å². The third-order valence-electron chi connectivity index (χ3n) is 8.24. The summed E-state index contributed by atoms with van der Waals surface area (Å²) in [5, 5.41) is 14.3. The van der Waals surface area contributed by atoms with Crippen molar-refractivity contribution in [2.45, 2.75) is 84.1 Å². The van der Waals surface area contributed by atoms with Crippen LogP contribution in [0.15, 0.2) is 30.5 Å². The van der Waals surface area contributed by atoms with Crippen LogP contribution >= 0.6 is 0 Å². The molecule has 0 radical (unpaired) electrons. The molecule has 238 valence electrons. The largest absolute Gasteiger partial charge is 0.361 e. The number of carbonyl (C=O) groups is 6. The number of aromatic amines is 1. The Hall–Kier alpha value is -4.42. The van der Waals surface area contributed by atoms with Crippen molar-refractivity contribution in [3.63, 3.8) is 0 Å². The van der Waals surface area contributed by atoms with Crippen LogP contribution in [0.5, 0.6) is 0 Å². The van der Waals surface area contributed by atoms with Crippen LogP contribution < -0.4 is 26.6 Å². The number of H-pyrrole nitrogens is 1. The van der Waals surface area contributed by atoms with Crippen molar-refractivity contribution in [1.29, 1.82) is 0 Å². The van der Waals surface area contributed by atoms with E-state index in [0.717, 1.165) is 16.5 Å². The molecule has 1 aromatic heterocycles. The first kappa shape index (κ1) is 32.5. The zero-order valence-corrected chi connectivity index (χ0v) is 25.9. The molecular formula is C31H43N7O6. The predicted octanol–water partition coefficient (Wildman–Crippen LogP) is 0.102. The number of rotatable bonds is 4. The molecule has 0 spiro atoms. The summed E-state index contributed by atoms with van der Waals surface area (Å²) in [4.78, 5) is 84.7. The molecular weight excluding hydrogens is 566 g/mol. The number of amides is 6. The standard InChI is InChI=1S/C31H43N7O6/c1-16(2)25-30(43)33-15-24(39)34-18(5)27(40)35-22(13-19-14-32-21-10-7-6-9-20(19)21)28(41)37-26(17(3)4)31(44)38-12-8-11-23(38)29(42)36-25/h6-7,9-10,14,16-18,22-23,25-26,32H,8,11-13,15H2,1-5H3,(H,33,43)(H,34,39)(H,35,40)(H,36,42)(H,37,41)/t18-,22-,23-,25-,26-/m0/s1. The summed E-state index contributed by atoms with van der Waals surface area (Å²) < 4.78 is 0. The minimum absolute atomic E-state index is 0.114. The highest BCUT2D eigenvalue weighted by Gasteiger charge is 2.41. The molecule has 0 saturated carbocycles. The Morgan fingerprint density at radius 2 is 1.50 bits per heavy atom. The highest BCUT2D eigenvalue weighted by Crippen LogP contribution is 2.22. The van der Waals surface area contributed by atoms with Crippen molar-refractivity contribution in [3.8, 4) is 0 Å². The monoisotopic (exact) mass is 609 g/mol. The number of carbonyl (C=O) groups excluding carboxylic acids is 6. The van der Waals surface area contributed by atoms with Crippen LogP contribution in [0.3, 0.4) is 0 Å². The smallest absolute Gasteiger partial charge is 0.246 e. The molecule has 2 fully saturated rings. The Morgan fingerprint density at radius 1 is 0.818 bits per heavy atom. The van der Waals surface area contributed by atoms with Gasteiger partial charge in [0.15, 0.2) is 0 Å². The van der Waals surface area contributed by atoms with Gasteiger partial charge in [-0.2, -0.15) is 0 Å². The Morgan fingerprint density at radius 3 is 2.20 bits per heavy atom. The second-order valence-corrected chi connectivity index (χ2v) is 12.3. The lowest BCUT2D eigenvalue weighted by Crippen LogP contribution is -2.61. The molecule has 2 aromatic rings. The van der Waals surface area contributed by atoms with E-state index in [9.17, 15) is 28.8 Å². The molecule has 1 aromatic carbocycles. The number of hydrogen-bond acceptors (Lipinski definition) is 6. The lowest BCUT2D eigenvalue weighted by molar-refractivity contribution is -0.143. The van der Waals surface area contributed by atoms with Crippen LogP contribution in [0, 0.1) is 11.8 Å². The fraction of sp³-hybridized carbons (Fsp3) is 0.548. The third-order valence-corrected chi connectivity index (χ3v) is 8.24. The number of nitrogens with zero attached hydrogens (tertiary/aromatic N) is 1. The van der Waals surface area contributed by atoms with Gasteiger partial charge in [-0.25, -0.2) is 0 Å². The van der Waals surface area contributed by atoms with Gasteiger partial charge in [-0.3, -0.25) is 28.8 Å². The molecule has 5 atom stereocenters. The van der Waals surface area contributed by atoms with Crippen molar-refractivity contribution in [2.24, 2.45) is 11.8 Å². The van der Waals surface area contributed by atoms with E-state index in [4.69, 9.17) is 0 Å². The lowest BCUT2D eigenvalue weighted by Gasteiger charge is -2.32. The summed E-state index contributed by atoms with van der Waals surface area (Å²) in [6.07, 6.45) is 2.87. The highest BCUT2D eigenvalue weighted by atomic mass is 16.2. The minimum Gasteiger partial charge on any atom is -0.361 e. The van der Waals surface area contributed by atoms with Crippen molar-refractivity contribution in [3.05, 3.63) is 36.0 Å². The number of fused-ring (bicyclic) bond motifs is 2. The van der Waals surface area contributed by atoms with Crippen LogP contribution in [0.1, 0.15) is 53.0 Å². The summed E-state index contributed by atoms with van der Waals surface area (Å²) in [7, 11) is 0. The van der Waals surface area contributed by atoms with Crippen LogP contribution in [-0.2, 0) is 35.2 Å². The first-order chi connectivity index (χ1) is 20.9. The normalized spacial score (nSPS) is 26.4. The SMILES string of the molecule is CC(C)[C@@H]1NC(=O)[C@@H]2CCCN2C(=O)[C@H](C(C)C)NC(=O)[C@H](Cc2c[nH]c3ccccc23)NC(=O)[C@H](C)NC(=O)CNC1=O. The van der Waals surface area contributed by atoms with Crippen molar-refractivity contribution in [2.75, 3.05) is 13.1 Å². The summed E-state index contributed by atoms with van der Waals surface area (Å²) in [5.74, 6) is -3.85. The molecule has 0 bridgehead atoms. The van der Waals surface area contributed by atoms with Gasteiger partial charge in [-0.15, -0.1) is 0 Å². The molecule has 6 amide bonds. The van der Waals surface area contributed by atoms with E-state index in [1.807, 2.05) is 24.3 Å². The fourth-order valence-corrected chi connectivity index (χ4v) is 5.70. The second kappa shape index (κ2) is 13.9. The minimum atomic E-state index is -1.09. The van der Waals surface area contributed by atoms with Gasteiger partial charge in [-0.1, -0.05) is 45.9 Å². The number of para-hydroxylation sites is 1. The average Bonchev–Trinajstić information content (AvgIpc) is 3.63. The van der Waals surface area contributed by atoms with Gasteiger partial charge in [0.25, 0.3) is 0 Å². The molecule has 0 unspecified atom stereocenters. The Balaban J connectivity index is 1.67. The van der Waals surface area contributed by atoms with Crippen molar-refractivity contribution < 1.29 is 28.8 Å². The van der Waals surface area contributed by atoms with Crippen molar-refractivity contribution >= 4 is 46.3 Å². The summed E-state index contributed by atoms with van der Waals surface area (Å²) in [6.45, 7) is 8.49. The molecule has 44 heavy (non-hydrogen) atoms. The summed E-state index contributed by atoms with van der Waals surface area (Å²) in [6, 6.07) is 2.70. The zero-order chi connectivity index (χ0) is 32.1. The first-order valence-electron chi connectivity index (χ1n) is 15.2. The van der Waals surface area contributed by atoms with E-state index in [1.54, 1.807) is 33.9 Å². The highest BCUT2D eigenvalue weighted by molar-refractivity contribution is 5.98. The van der Waals surface area contributed by atoms with E-state index in [0.29, 0.717) is 19.4 Å². The average molecular weight is 610 g/mol.